The van der Waals surface area contributed by atoms with Crippen LogP contribution in [0.25, 0.3) is 0 Å². The van der Waals surface area contributed by atoms with Crippen molar-refractivity contribution in [2.45, 2.75) is 79.6 Å². The molecule has 1 unspecified atom stereocenters. The van der Waals surface area contributed by atoms with E-state index in [9.17, 15) is 14.4 Å². The summed E-state index contributed by atoms with van der Waals surface area (Å²) < 4.78 is 16.8. The van der Waals surface area contributed by atoms with Gasteiger partial charge in [-0.1, -0.05) is 52.3 Å². The molecule has 0 bridgehead atoms. The molecule has 2 fully saturated rings. The molecule has 1 heterocycles. The normalized spacial score (nSPS) is 45.6. The maximum atomic E-state index is 12.9. The highest BCUT2D eigenvalue weighted by atomic mass is 16.7. The molecule has 5 aliphatic rings. The Labute approximate surface area is 208 Å². The fourth-order valence-electron chi connectivity index (χ4n) is 8.89. The maximum absolute atomic E-state index is 12.9. The Morgan fingerprint density at radius 2 is 1.83 bits per heavy atom. The molecule has 0 aromatic rings. The van der Waals surface area contributed by atoms with Crippen LogP contribution in [0.1, 0.15) is 67.2 Å². The Morgan fingerprint density at radius 1 is 1.11 bits per heavy atom. The van der Waals surface area contributed by atoms with E-state index in [1.165, 1.54) is 19.6 Å². The fraction of sp³-hybridized carbons (Fsp3) is 0.690. The number of carbonyl (C=O) groups is 3. The van der Waals surface area contributed by atoms with Crippen molar-refractivity contribution in [3.05, 3.63) is 35.5 Å². The van der Waals surface area contributed by atoms with Gasteiger partial charge in [-0.05, 0) is 60.5 Å². The van der Waals surface area contributed by atoms with Crippen molar-refractivity contribution in [3.63, 3.8) is 0 Å². The summed E-state index contributed by atoms with van der Waals surface area (Å²) in [5.41, 5.74) is 0.614. The van der Waals surface area contributed by atoms with Gasteiger partial charge in [-0.2, -0.15) is 0 Å². The Balaban J connectivity index is 1.61. The summed E-state index contributed by atoms with van der Waals surface area (Å²) in [6.07, 6.45) is 10.3. The van der Waals surface area contributed by atoms with Gasteiger partial charge in [0.05, 0.1) is 0 Å². The molecule has 35 heavy (non-hydrogen) atoms. The molecule has 6 nitrogen and oxygen atoms in total. The molecule has 0 N–H and O–H groups in total. The number of carbonyl (C=O) groups excluding carboxylic acids is 3. The number of rotatable bonds is 3. The second-order valence-corrected chi connectivity index (χ2v) is 12.5. The molecule has 4 aliphatic carbocycles. The lowest BCUT2D eigenvalue weighted by molar-refractivity contribution is -0.187. The van der Waals surface area contributed by atoms with Crippen molar-refractivity contribution in [2.75, 3.05) is 7.11 Å². The predicted molar refractivity (Wildman–Crippen MR) is 130 cm³/mol. The first kappa shape index (κ1) is 24.5. The summed E-state index contributed by atoms with van der Waals surface area (Å²) in [4.78, 5) is 38.0. The number of esters is 2. The van der Waals surface area contributed by atoms with Gasteiger partial charge in [0, 0.05) is 36.4 Å². The lowest BCUT2D eigenvalue weighted by Crippen LogP contribution is -2.64. The average Bonchev–Trinajstić information content (AvgIpc) is 3.32. The second-order valence-electron chi connectivity index (χ2n) is 12.5. The van der Waals surface area contributed by atoms with E-state index in [1.807, 2.05) is 19.9 Å². The van der Waals surface area contributed by atoms with E-state index in [0.717, 1.165) is 19.3 Å². The topological polar surface area (TPSA) is 78.9 Å². The van der Waals surface area contributed by atoms with E-state index in [-0.39, 0.29) is 52.4 Å². The number of hydrogen-bond donors (Lipinski definition) is 0. The Morgan fingerprint density at radius 3 is 2.46 bits per heavy atom. The predicted octanol–water partition coefficient (Wildman–Crippen LogP) is 4.93. The quantitative estimate of drug-likeness (QED) is 0.419. The van der Waals surface area contributed by atoms with Crippen molar-refractivity contribution in [3.8, 4) is 0 Å². The summed E-state index contributed by atoms with van der Waals surface area (Å²) in [6.45, 7) is 12.4. The van der Waals surface area contributed by atoms with Gasteiger partial charge in [0.2, 0.25) is 6.29 Å². The van der Waals surface area contributed by atoms with Crippen LogP contribution in [0.15, 0.2) is 35.5 Å². The molecule has 0 saturated heterocycles. The first-order valence-electron chi connectivity index (χ1n) is 12.9. The first-order chi connectivity index (χ1) is 16.3. The zero-order valence-corrected chi connectivity index (χ0v) is 22.0. The molecule has 0 amide bonds. The summed E-state index contributed by atoms with van der Waals surface area (Å²) in [7, 11) is 1.54. The molecule has 0 radical (unpaired) electrons. The monoisotopic (exact) mass is 482 g/mol. The van der Waals surface area contributed by atoms with Crippen LogP contribution >= 0.6 is 0 Å². The first-order valence-corrected chi connectivity index (χ1v) is 12.9. The zero-order chi connectivity index (χ0) is 25.6. The Bertz CT molecular complexity index is 1080. The van der Waals surface area contributed by atoms with Gasteiger partial charge >= 0.3 is 11.9 Å². The second kappa shape index (κ2) is 7.64. The smallest absolute Gasteiger partial charge is 0.336 e. The van der Waals surface area contributed by atoms with Crippen LogP contribution in [-0.2, 0) is 28.6 Å². The van der Waals surface area contributed by atoms with E-state index >= 15 is 0 Å². The summed E-state index contributed by atoms with van der Waals surface area (Å²) in [5, 5.41) is 0. The van der Waals surface area contributed by atoms with Gasteiger partial charge in [0.1, 0.15) is 6.10 Å². The lowest BCUT2D eigenvalue weighted by Gasteiger charge is -2.66. The molecule has 1 aliphatic heterocycles. The van der Waals surface area contributed by atoms with Gasteiger partial charge in [-0.25, -0.2) is 4.79 Å². The van der Waals surface area contributed by atoms with E-state index in [2.05, 4.69) is 32.9 Å². The van der Waals surface area contributed by atoms with Crippen molar-refractivity contribution in [1.82, 2.24) is 0 Å². The van der Waals surface area contributed by atoms with Gasteiger partial charge in [-0.3, -0.25) is 9.59 Å². The Hall–Kier alpha value is -2.21. The minimum absolute atomic E-state index is 0.00588. The molecule has 8 atom stereocenters. The maximum Gasteiger partial charge on any atom is 0.336 e. The number of hydrogen-bond acceptors (Lipinski definition) is 6. The zero-order valence-electron chi connectivity index (χ0n) is 22.0. The van der Waals surface area contributed by atoms with Crippen LogP contribution < -0.4 is 0 Å². The van der Waals surface area contributed by atoms with Crippen molar-refractivity contribution >= 4 is 17.7 Å². The molecule has 5 rings (SSSR count). The number of ketones is 1. The third-order valence-corrected chi connectivity index (χ3v) is 10.6. The van der Waals surface area contributed by atoms with E-state index in [0.29, 0.717) is 12.0 Å². The number of ether oxygens (including phenoxy) is 3. The summed E-state index contributed by atoms with van der Waals surface area (Å²) in [6, 6.07) is 0. The molecule has 190 valence electrons. The minimum atomic E-state index is -0.632. The molecular weight excluding hydrogens is 444 g/mol. The summed E-state index contributed by atoms with van der Waals surface area (Å²) in [5.74, 6) is -0.158. The van der Waals surface area contributed by atoms with Gasteiger partial charge in [-0.15, -0.1) is 0 Å². The van der Waals surface area contributed by atoms with Crippen molar-refractivity contribution in [2.24, 2.45) is 39.4 Å². The standard InChI is InChI=1S/C29H38O6/c1-16(30)34-23-15-21-26(2,3)22(31)11-13-28(21,5)20-10-12-27(4)18(8-9-19(27)29(20,23)6)17-14-24(33-7)35-25(17)32/h9,11,13-14,18,20-21,23-24H,8,10,12,15H2,1-7H3/t18-,20+,21-,23+,24?,27-,28+,29-/m0/s1. The molecule has 0 spiro atoms. The van der Waals surface area contributed by atoms with Crippen LogP contribution in [0.3, 0.4) is 0 Å². The highest BCUT2D eigenvalue weighted by Crippen LogP contribution is 2.72. The highest BCUT2D eigenvalue weighted by molar-refractivity contribution is 5.96. The molecular formula is C29H38O6. The van der Waals surface area contributed by atoms with E-state index < -0.39 is 17.1 Å². The number of methoxy groups -OCH3 is 1. The third kappa shape index (κ3) is 3.14. The van der Waals surface area contributed by atoms with Crippen LogP contribution in [-0.4, -0.2) is 37.2 Å². The molecule has 0 aromatic carbocycles. The third-order valence-electron chi connectivity index (χ3n) is 10.6. The average molecular weight is 483 g/mol. The lowest BCUT2D eigenvalue weighted by atomic mass is 9.38. The van der Waals surface area contributed by atoms with Gasteiger partial charge in [0.25, 0.3) is 0 Å². The SMILES string of the molecule is COC1C=C([C@@H]2CC=C3[C@@]4(C)[C@H](CC[C@]32C)[C@@]2(C)C=CC(=O)C(C)(C)[C@@H]2C[C@H]4OC(C)=O)C(=O)O1. The van der Waals surface area contributed by atoms with Crippen LogP contribution in [0, 0.1) is 39.4 Å². The number of allylic oxidation sites excluding steroid dienone is 3. The largest absolute Gasteiger partial charge is 0.462 e. The molecule has 6 heteroatoms. The number of cyclic esters (lactones) is 1. The summed E-state index contributed by atoms with van der Waals surface area (Å²) >= 11 is 0. The van der Waals surface area contributed by atoms with Crippen molar-refractivity contribution in [1.29, 1.82) is 0 Å². The minimum Gasteiger partial charge on any atom is -0.462 e. The Kier molecular flexibility index (Phi) is 5.35. The van der Waals surface area contributed by atoms with Crippen LogP contribution in [0.4, 0.5) is 0 Å². The molecule has 0 aromatic heterocycles. The fourth-order valence-corrected chi connectivity index (χ4v) is 8.89. The van der Waals surface area contributed by atoms with Crippen LogP contribution in [0.2, 0.25) is 0 Å². The van der Waals surface area contributed by atoms with E-state index in [1.54, 1.807) is 6.08 Å². The highest BCUT2D eigenvalue weighted by Gasteiger charge is 2.68. The van der Waals surface area contributed by atoms with Gasteiger partial charge < -0.3 is 14.2 Å². The van der Waals surface area contributed by atoms with Crippen molar-refractivity contribution < 1.29 is 28.6 Å². The number of fused-ring (bicyclic) bond motifs is 5. The molecule has 2 saturated carbocycles. The van der Waals surface area contributed by atoms with E-state index in [4.69, 9.17) is 14.2 Å². The van der Waals surface area contributed by atoms with Gasteiger partial charge in [0.15, 0.2) is 5.78 Å². The van der Waals surface area contributed by atoms with Crippen LogP contribution in [0.5, 0.6) is 0 Å².